The van der Waals surface area contributed by atoms with E-state index in [4.69, 9.17) is 5.11 Å². The topological polar surface area (TPSA) is 82.5 Å². The van der Waals surface area contributed by atoms with Crippen LogP contribution in [-0.4, -0.2) is 49.1 Å². The molecule has 0 aliphatic heterocycles. The summed E-state index contributed by atoms with van der Waals surface area (Å²) < 4.78 is 27.3. The molecule has 114 valence electrons. The van der Waals surface area contributed by atoms with Gasteiger partial charge in [0.1, 0.15) is 10.7 Å². The number of aliphatic hydroxyl groups excluding tert-OH is 1. The van der Waals surface area contributed by atoms with Gasteiger partial charge in [0.2, 0.25) is 10.0 Å². The van der Waals surface area contributed by atoms with Crippen LogP contribution in [0.2, 0.25) is 0 Å². The first kappa shape index (κ1) is 17.4. The van der Waals surface area contributed by atoms with Crippen LogP contribution in [0.25, 0.3) is 0 Å². The average molecular weight is 366 g/mol. The number of halogens is 1. The summed E-state index contributed by atoms with van der Waals surface area (Å²) in [5, 5.41) is 11.8. The van der Waals surface area contributed by atoms with Gasteiger partial charge in [0.05, 0.1) is 0 Å². The maximum atomic E-state index is 12.7. The van der Waals surface area contributed by atoms with E-state index in [-0.39, 0.29) is 18.0 Å². The van der Waals surface area contributed by atoms with Crippen molar-refractivity contribution in [3.63, 3.8) is 0 Å². The summed E-state index contributed by atoms with van der Waals surface area (Å²) in [6.07, 6.45) is 1.96. The fourth-order valence-corrected chi connectivity index (χ4v) is 3.87. The number of pyridine rings is 1. The molecule has 0 radical (unpaired) electrons. The molecule has 0 aliphatic rings. The third-order valence-corrected chi connectivity index (χ3v) is 5.12. The Balaban J connectivity index is 3.21. The Labute approximate surface area is 128 Å². The van der Waals surface area contributed by atoms with Crippen molar-refractivity contribution in [1.82, 2.24) is 9.29 Å². The number of aromatic nitrogens is 1. The smallest absolute Gasteiger partial charge is 0.246 e. The van der Waals surface area contributed by atoms with E-state index in [1.54, 1.807) is 19.2 Å². The molecule has 1 rings (SSSR count). The minimum absolute atomic E-state index is 0.0389. The van der Waals surface area contributed by atoms with Crippen molar-refractivity contribution in [3.8, 4) is 0 Å². The minimum Gasteiger partial charge on any atom is -0.396 e. The Kier molecular flexibility index (Phi) is 6.87. The van der Waals surface area contributed by atoms with Gasteiger partial charge in [0, 0.05) is 36.9 Å². The number of hydrogen-bond donors (Lipinski definition) is 2. The van der Waals surface area contributed by atoms with Gasteiger partial charge in [-0.2, -0.15) is 4.31 Å². The van der Waals surface area contributed by atoms with Gasteiger partial charge < -0.3 is 10.4 Å². The molecule has 8 heteroatoms. The lowest BCUT2D eigenvalue weighted by molar-refractivity contribution is 0.271. The lowest BCUT2D eigenvalue weighted by atomic mass is 10.4. The first-order chi connectivity index (χ1) is 9.47. The molecule has 1 aromatic rings. The Morgan fingerprint density at radius 2 is 2.15 bits per heavy atom. The maximum Gasteiger partial charge on any atom is 0.246 e. The molecule has 6 nitrogen and oxygen atoms in total. The maximum absolute atomic E-state index is 12.7. The molecule has 0 saturated heterocycles. The van der Waals surface area contributed by atoms with Gasteiger partial charge >= 0.3 is 0 Å². The highest BCUT2D eigenvalue weighted by molar-refractivity contribution is 9.10. The number of hydrogen-bond acceptors (Lipinski definition) is 5. The van der Waals surface area contributed by atoms with Gasteiger partial charge in [-0.05, 0) is 35.3 Å². The molecule has 0 spiro atoms. The van der Waals surface area contributed by atoms with Gasteiger partial charge in [0.15, 0.2) is 0 Å². The Morgan fingerprint density at radius 1 is 1.45 bits per heavy atom. The lowest BCUT2D eigenvalue weighted by Gasteiger charge is -2.21. The number of aliphatic hydroxyl groups is 1. The second-order valence-electron chi connectivity index (χ2n) is 4.10. The standard InChI is InChI=1S/C12H20BrN3O3S/c1-3-14-12-11(8-10(13)9-15-12)20(18,19)16(4-2)6-5-7-17/h8-9,17H,3-7H2,1-2H3,(H,14,15). The fraction of sp³-hybridized carbons (Fsp3) is 0.583. The zero-order valence-electron chi connectivity index (χ0n) is 11.6. The summed E-state index contributed by atoms with van der Waals surface area (Å²) >= 11 is 3.25. The lowest BCUT2D eigenvalue weighted by Crippen LogP contribution is -2.33. The summed E-state index contributed by atoms with van der Waals surface area (Å²) in [5.41, 5.74) is 0. The van der Waals surface area contributed by atoms with Crippen molar-refractivity contribution in [2.75, 3.05) is 31.6 Å². The molecule has 0 amide bonds. The van der Waals surface area contributed by atoms with Crippen LogP contribution in [0.4, 0.5) is 5.82 Å². The van der Waals surface area contributed by atoms with Crippen LogP contribution in [0.5, 0.6) is 0 Å². The van der Waals surface area contributed by atoms with Gasteiger partial charge in [-0.1, -0.05) is 6.92 Å². The van der Waals surface area contributed by atoms with Crippen LogP contribution >= 0.6 is 15.9 Å². The second kappa shape index (κ2) is 7.92. The highest BCUT2D eigenvalue weighted by Crippen LogP contribution is 2.26. The molecule has 0 saturated carbocycles. The first-order valence-corrected chi connectivity index (χ1v) is 8.71. The molecular formula is C12H20BrN3O3S. The van der Waals surface area contributed by atoms with Crippen LogP contribution in [0.1, 0.15) is 20.3 Å². The highest BCUT2D eigenvalue weighted by Gasteiger charge is 2.26. The third-order valence-electron chi connectivity index (χ3n) is 2.70. The van der Waals surface area contributed by atoms with Crippen molar-refractivity contribution >= 4 is 31.8 Å². The molecule has 0 unspecified atom stereocenters. The molecule has 0 aromatic carbocycles. The zero-order valence-corrected chi connectivity index (χ0v) is 14.0. The SMILES string of the molecule is CCNc1ncc(Br)cc1S(=O)(=O)N(CC)CCCO. The monoisotopic (exact) mass is 365 g/mol. The van der Waals surface area contributed by atoms with E-state index in [1.807, 2.05) is 6.92 Å². The summed E-state index contributed by atoms with van der Waals surface area (Å²) in [5.74, 6) is 0.346. The van der Waals surface area contributed by atoms with Crippen molar-refractivity contribution in [1.29, 1.82) is 0 Å². The van der Waals surface area contributed by atoms with Crippen molar-refractivity contribution < 1.29 is 13.5 Å². The van der Waals surface area contributed by atoms with E-state index in [0.29, 0.717) is 29.8 Å². The number of nitrogens with one attached hydrogen (secondary N) is 1. The average Bonchev–Trinajstić information content (AvgIpc) is 2.41. The molecule has 0 atom stereocenters. The van der Waals surface area contributed by atoms with Gasteiger partial charge in [-0.3, -0.25) is 0 Å². The number of sulfonamides is 1. The number of anilines is 1. The molecule has 0 aliphatic carbocycles. The summed E-state index contributed by atoms with van der Waals surface area (Å²) in [6, 6.07) is 1.54. The van der Waals surface area contributed by atoms with Crippen molar-refractivity contribution in [2.45, 2.75) is 25.2 Å². The van der Waals surface area contributed by atoms with E-state index in [0.717, 1.165) is 0 Å². The molecule has 2 N–H and O–H groups in total. The normalized spacial score (nSPS) is 11.8. The fourth-order valence-electron chi connectivity index (χ4n) is 1.75. The number of rotatable bonds is 8. The van der Waals surface area contributed by atoms with Gasteiger partial charge in [-0.15, -0.1) is 0 Å². The Bertz CT molecular complexity index is 537. The van der Waals surface area contributed by atoms with E-state index in [9.17, 15) is 8.42 Å². The van der Waals surface area contributed by atoms with E-state index < -0.39 is 10.0 Å². The quantitative estimate of drug-likeness (QED) is 0.731. The molecule has 0 bridgehead atoms. The van der Waals surface area contributed by atoms with E-state index in [1.165, 1.54) is 4.31 Å². The Hall–Kier alpha value is -0.700. The predicted molar refractivity (Wildman–Crippen MR) is 82.2 cm³/mol. The van der Waals surface area contributed by atoms with Crippen LogP contribution in [0.3, 0.4) is 0 Å². The first-order valence-electron chi connectivity index (χ1n) is 6.47. The third kappa shape index (κ3) is 4.15. The van der Waals surface area contributed by atoms with Crippen molar-refractivity contribution in [2.24, 2.45) is 0 Å². The van der Waals surface area contributed by atoms with E-state index in [2.05, 4.69) is 26.2 Å². The van der Waals surface area contributed by atoms with Crippen LogP contribution < -0.4 is 5.32 Å². The molecule has 1 heterocycles. The van der Waals surface area contributed by atoms with Gasteiger partial charge in [0.25, 0.3) is 0 Å². The van der Waals surface area contributed by atoms with E-state index >= 15 is 0 Å². The molecule has 1 aromatic heterocycles. The van der Waals surface area contributed by atoms with Crippen LogP contribution in [0.15, 0.2) is 21.6 Å². The zero-order chi connectivity index (χ0) is 15.2. The number of nitrogens with zero attached hydrogens (tertiary/aromatic N) is 2. The predicted octanol–water partition coefficient (Wildman–Crippen LogP) is 1.67. The Morgan fingerprint density at radius 3 is 2.70 bits per heavy atom. The van der Waals surface area contributed by atoms with Crippen LogP contribution in [-0.2, 0) is 10.0 Å². The summed E-state index contributed by atoms with van der Waals surface area (Å²) in [4.78, 5) is 4.26. The summed E-state index contributed by atoms with van der Waals surface area (Å²) in [6.45, 7) is 4.83. The molecular weight excluding hydrogens is 346 g/mol. The van der Waals surface area contributed by atoms with Gasteiger partial charge in [-0.25, -0.2) is 13.4 Å². The van der Waals surface area contributed by atoms with Crippen molar-refractivity contribution in [3.05, 3.63) is 16.7 Å². The summed E-state index contributed by atoms with van der Waals surface area (Å²) in [7, 11) is -3.63. The highest BCUT2D eigenvalue weighted by atomic mass is 79.9. The minimum atomic E-state index is -3.63. The molecule has 20 heavy (non-hydrogen) atoms. The largest absolute Gasteiger partial charge is 0.396 e. The second-order valence-corrected chi connectivity index (χ2v) is 6.93. The van der Waals surface area contributed by atoms with Crippen LogP contribution in [0, 0.1) is 0 Å². The molecule has 0 fully saturated rings.